The topological polar surface area (TPSA) is 39.3 Å². The highest BCUT2D eigenvalue weighted by atomic mass is 35.5. The molecule has 1 aromatic carbocycles. The zero-order valence-corrected chi connectivity index (χ0v) is 14.7. The number of carbonyl (C=O) groups is 1. The number of fused-ring (bicyclic) bond motifs is 1. The van der Waals surface area contributed by atoms with Crippen molar-refractivity contribution >= 4 is 28.4 Å². The molecule has 122 valence electrons. The van der Waals surface area contributed by atoms with Crippen molar-refractivity contribution in [2.24, 2.45) is 18.0 Å². The highest BCUT2D eigenvalue weighted by molar-refractivity contribution is 6.31. The maximum Gasteiger partial charge on any atom is 0.205 e. The minimum atomic E-state index is -0.208. The molecule has 4 nitrogen and oxygen atoms in total. The van der Waals surface area contributed by atoms with Gasteiger partial charge in [0.25, 0.3) is 0 Å². The summed E-state index contributed by atoms with van der Waals surface area (Å²) >= 11 is 5.94. The van der Waals surface area contributed by atoms with E-state index < -0.39 is 0 Å². The molecule has 0 amide bonds. The van der Waals surface area contributed by atoms with Crippen LogP contribution in [0.3, 0.4) is 0 Å². The van der Waals surface area contributed by atoms with Crippen LogP contribution in [0.4, 0.5) is 0 Å². The quantitative estimate of drug-likeness (QED) is 0.774. The standard InChI is InChI=1S/C18H22ClN3O/c1-5-14(19)11-10-13(2)17(23)12-22-16-9-7-6-8-15(16)21(4)18(22)20-3/h5-11,13H,12H2,1-4H3/b11-10-,14-5+,20-18?. The molecule has 5 heteroatoms. The van der Waals surface area contributed by atoms with Gasteiger partial charge in [0.15, 0.2) is 5.78 Å². The second kappa shape index (κ2) is 7.47. The third-order valence-corrected chi connectivity index (χ3v) is 4.26. The maximum atomic E-state index is 12.5. The summed E-state index contributed by atoms with van der Waals surface area (Å²) in [5.41, 5.74) is 2.84. The molecule has 0 aliphatic heterocycles. The van der Waals surface area contributed by atoms with Crippen molar-refractivity contribution in [3.8, 4) is 0 Å². The van der Waals surface area contributed by atoms with Crippen molar-refractivity contribution in [3.05, 3.63) is 53.1 Å². The predicted molar refractivity (Wildman–Crippen MR) is 95.3 cm³/mol. The van der Waals surface area contributed by atoms with E-state index in [1.165, 1.54) is 0 Å². The predicted octanol–water partition coefficient (Wildman–Crippen LogP) is 3.41. The molecule has 1 unspecified atom stereocenters. The Kier molecular flexibility index (Phi) is 5.61. The van der Waals surface area contributed by atoms with Crippen molar-refractivity contribution in [2.45, 2.75) is 20.4 Å². The van der Waals surface area contributed by atoms with Crippen LogP contribution >= 0.6 is 11.6 Å². The number of hydrogen-bond donors (Lipinski definition) is 0. The second-order valence-electron chi connectivity index (χ2n) is 5.45. The molecule has 0 saturated heterocycles. The summed E-state index contributed by atoms with van der Waals surface area (Å²) in [6.45, 7) is 4.03. The van der Waals surface area contributed by atoms with Crippen molar-refractivity contribution < 1.29 is 4.79 Å². The molecule has 0 spiro atoms. The maximum absolute atomic E-state index is 12.5. The molecule has 0 N–H and O–H groups in total. The molecular weight excluding hydrogens is 310 g/mol. The first-order valence-electron chi connectivity index (χ1n) is 7.59. The smallest absolute Gasteiger partial charge is 0.205 e. The first-order chi connectivity index (χ1) is 11.0. The molecular formula is C18H22ClN3O. The van der Waals surface area contributed by atoms with E-state index in [1.54, 1.807) is 19.2 Å². The molecule has 0 radical (unpaired) electrons. The minimum absolute atomic E-state index is 0.119. The lowest BCUT2D eigenvalue weighted by molar-refractivity contribution is -0.121. The average Bonchev–Trinajstić information content (AvgIpc) is 2.84. The molecule has 1 atom stereocenters. The van der Waals surface area contributed by atoms with Crippen LogP contribution in [-0.2, 0) is 18.4 Å². The van der Waals surface area contributed by atoms with Gasteiger partial charge in [-0.1, -0.05) is 42.8 Å². The molecule has 1 heterocycles. The number of para-hydroxylation sites is 2. The first kappa shape index (κ1) is 17.3. The highest BCUT2D eigenvalue weighted by Crippen LogP contribution is 2.13. The lowest BCUT2D eigenvalue weighted by Crippen LogP contribution is -2.28. The van der Waals surface area contributed by atoms with Crippen molar-refractivity contribution in [1.82, 2.24) is 9.13 Å². The summed E-state index contributed by atoms with van der Waals surface area (Å²) in [6.07, 6.45) is 5.39. The van der Waals surface area contributed by atoms with Crippen LogP contribution in [0.15, 0.2) is 52.5 Å². The van der Waals surface area contributed by atoms with Gasteiger partial charge < -0.3 is 9.13 Å². The van der Waals surface area contributed by atoms with E-state index in [-0.39, 0.29) is 18.2 Å². The number of aromatic nitrogens is 2. The van der Waals surface area contributed by atoms with Gasteiger partial charge in [-0.05, 0) is 25.1 Å². The van der Waals surface area contributed by atoms with Crippen LogP contribution in [-0.4, -0.2) is 22.0 Å². The molecule has 1 aromatic heterocycles. The second-order valence-corrected chi connectivity index (χ2v) is 5.88. The van der Waals surface area contributed by atoms with E-state index in [9.17, 15) is 4.79 Å². The lowest BCUT2D eigenvalue weighted by Gasteiger charge is -2.08. The van der Waals surface area contributed by atoms with Crippen molar-refractivity contribution in [1.29, 1.82) is 0 Å². The van der Waals surface area contributed by atoms with Crippen LogP contribution in [0.25, 0.3) is 11.0 Å². The van der Waals surface area contributed by atoms with Gasteiger partial charge in [-0.2, -0.15) is 0 Å². The average molecular weight is 332 g/mol. The van der Waals surface area contributed by atoms with Gasteiger partial charge in [0.05, 0.1) is 17.6 Å². The van der Waals surface area contributed by atoms with E-state index >= 15 is 0 Å². The Morgan fingerprint density at radius 2 is 2.00 bits per heavy atom. The van der Waals surface area contributed by atoms with Gasteiger partial charge in [0.2, 0.25) is 5.62 Å². The Morgan fingerprint density at radius 3 is 2.61 bits per heavy atom. The SMILES string of the molecule is C/C=C(Cl)\C=C/C(C)C(=O)Cn1c(=NC)n(C)c2ccccc21. The van der Waals surface area contributed by atoms with E-state index in [0.717, 1.165) is 16.7 Å². The zero-order chi connectivity index (χ0) is 17.0. The third kappa shape index (κ3) is 3.64. The van der Waals surface area contributed by atoms with E-state index in [0.29, 0.717) is 5.03 Å². The van der Waals surface area contributed by atoms with Crippen LogP contribution < -0.4 is 5.62 Å². The summed E-state index contributed by atoms with van der Waals surface area (Å²) in [7, 11) is 3.70. The number of imidazole rings is 1. The van der Waals surface area contributed by atoms with Crippen LogP contribution in [0.1, 0.15) is 13.8 Å². The summed E-state index contributed by atoms with van der Waals surface area (Å²) in [5.74, 6) is -0.0899. The Morgan fingerprint density at radius 1 is 1.35 bits per heavy atom. The minimum Gasteiger partial charge on any atom is -0.313 e. The summed E-state index contributed by atoms with van der Waals surface area (Å²) in [5, 5.41) is 0.631. The summed E-state index contributed by atoms with van der Waals surface area (Å²) < 4.78 is 3.96. The number of ketones is 1. The number of carbonyl (C=O) groups excluding carboxylic acids is 1. The molecule has 0 aliphatic rings. The number of benzene rings is 1. The summed E-state index contributed by atoms with van der Waals surface area (Å²) in [6, 6.07) is 7.99. The van der Waals surface area contributed by atoms with Gasteiger partial charge in [-0.25, -0.2) is 0 Å². The van der Waals surface area contributed by atoms with E-state index in [2.05, 4.69) is 4.99 Å². The molecule has 2 rings (SSSR count). The number of hydrogen-bond acceptors (Lipinski definition) is 2. The van der Waals surface area contributed by atoms with Crippen LogP contribution in [0.2, 0.25) is 0 Å². The van der Waals surface area contributed by atoms with Crippen LogP contribution in [0.5, 0.6) is 0 Å². The lowest BCUT2D eigenvalue weighted by atomic mass is 10.1. The number of rotatable bonds is 5. The van der Waals surface area contributed by atoms with Gasteiger partial charge in [-0.15, -0.1) is 0 Å². The molecule has 0 bridgehead atoms. The zero-order valence-electron chi connectivity index (χ0n) is 14.0. The normalized spacial score (nSPS) is 14.8. The first-order valence-corrected chi connectivity index (χ1v) is 7.97. The van der Waals surface area contributed by atoms with Crippen molar-refractivity contribution in [2.75, 3.05) is 7.05 Å². The Labute approximate surface area is 141 Å². The van der Waals surface area contributed by atoms with E-state index in [1.807, 2.05) is 60.4 Å². The van der Waals surface area contributed by atoms with Crippen molar-refractivity contribution in [3.63, 3.8) is 0 Å². The summed E-state index contributed by atoms with van der Waals surface area (Å²) in [4.78, 5) is 16.9. The van der Waals surface area contributed by atoms with Crippen LogP contribution in [0, 0.1) is 5.92 Å². The number of Topliss-reactive ketones (excluding diaryl/α,β-unsaturated/α-hetero) is 1. The highest BCUT2D eigenvalue weighted by Gasteiger charge is 2.15. The largest absolute Gasteiger partial charge is 0.313 e. The van der Waals surface area contributed by atoms with Gasteiger partial charge in [0.1, 0.15) is 0 Å². The number of allylic oxidation sites excluding steroid dienone is 4. The molecule has 2 aromatic rings. The monoisotopic (exact) mass is 331 g/mol. The number of aryl methyl sites for hydroxylation is 1. The fourth-order valence-corrected chi connectivity index (χ4v) is 2.61. The van der Waals surface area contributed by atoms with E-state index in [4.69, 9.17) is 11.6 Å². The number of nitrogens with zero attached hydrogens (tertiary/aromatic N) is 3. The molecule has 23 heavy (non-hydrogen) atoms. The Bertz CT molecular complexity index is 840. The third-order valence-electron chi connectivity index (χ3n) is 3.92. The Hall–Kier alpha value is -2.07. The van der Waals surface area contributed by atoms with Gasteiger partial charge in [-0.3, -0.25) is 9.79 Å². The fourth-order valence-electron chi connectivity index (χ4n) is 2.54. The molecule has 0 saturated carbocycles. The number of halogens is 1. The fraction of sp³-hybridized carbons (Fsp3) is 0.333. The van der Waals surface area contributed by atoms with Gasteiger partial charge in [0, 0.05) is 25.0 Å². The Balaban J connectivity index is 2.35. The van der Waals surface area contributed by atoms with Gasteiger partial charge >= 0.3 is 0 Å². The molecule has 0 aliphatic carbocycles. The molecule has 0 fully saturated rings.